The quantitative estimate of drug-likeness (QED) is 0.833. The third kappa shape index (κ3) is 4.59. The Morgan fingerprint density at radius 2 is 2.08 bits per heavy atom. The molecule has 134 valence electrons. The predicted octanol–water partition coefficient (Wildman–Crippen LogP) is 3.19. The Bertz CT molecular complexity index is 878. The summed E-state index contributed by atoms with van der Waals surface area (Å²) in [7, 11) is -2.94. The molecule has 25 heavy (non-hydrogen) atoms. The van der Waals surface area contributed by atoms with Crippen molar-refractivity contribution in [2.75, 3.05) is 16.8 Å². The highest BCUT2D eigenvalue weighted by atomic mass is 32.2. The number of nitrogens with one attached hydrogen (secondary N) is 1. The van der Waals surface area contributed by atoms with Crippen molar-refractivity contribution in [3.63, 3.8) is 0 Å². The van der Waals surface area contributed by atoms with Crippen LogP contribution in [0.25, 0.3) is 0 Å². The van der Waals surface area contributed by atoms with Crippen LogP contribution in [0.1, 0.15) is 41.6 Å². The first-order valence-corrected chi connectivity index (χ1v) is 11.5. The molecule has 1 fully saturated rings. The minimum Gasteiger partial charge on any atom is -0.296 e. The molecule has 9 heteroatoms. The minimum atomic E-state index is -2.94. The number of sulfone groups is 1. The van der Waals surface area contributed by atoms with Crippen LogP contribution in [-0.2, 0) is 9.84 Å². The average molecular weight is 398 g/mol. The van der Waals surface area contributed by atoms with E-state index >= 15 is 0 Å². The molecule has 2 heterocycles. The summed E-state index contributed by atoms with van der Waals surface area (Å²) in [4.78, 5) is 13.4. The summed E-state index contributed by atoms with van der Waals surface area (Å²) in [6, 6.07) is 7.24. The van der Waals surface area contributed by atoms with E-state index in [1.54, 1.807) is 12.1 Å². The molecule has 0 spiro atoms. The SMILES string of the molecule is CC(C)c1nnc(NC(=O)c2ccccc2S[C@H]2CCS(=O)(=O)C2)s1. The Balaban J connectivity index is 1.74. The van der Waals surface area contributed by atoms with Crippen LogP contribution in [0.2, 0.25) is 0 Å². The van der Waals surface area contributed by atoms with E-state index in [1.807, 2.05) is 26.0 Å². The van der Waals surface area contributed by atoms with E-state index in [0.29, 0.717) is 17.1 Å². The molecule has 0 unspecified atom stereocenters. The molecule has 6 nitrogen and oxygen atoms in total. The van der Waals surface area contributed by atoms with Gasteiger partial charge >= 0.3 is 0 Å². The number of anilines is 1. The topological polar surface area (TPSA) is 89.0 Å². The van der Waals surface area contributed by atoms with Crippen LogP contribution in [0.4, 0.5) is 5.13 Å². The minimum absolute atomic E-state index is 0.00646. The van der Waals surface area contributed by atoms with Crippen LogP contribution in [0, 0.1) is 0 Å². The molecule has 1 aromatic heterocycles. The molecule has 0 radical (unpaired) electrons. The number of aromatic nitrogens is 2. The largest absolute Gasteiger partial charge is 0.296 e. The summed E-state index contributed by atoms with van der Waals surface area (Å²) >= 11 is 2.82. The molecule has 1 aromatic carbocycles. The molecule has 2 aromatic rings. The van der Waals surface area contributed by atoms with Crippen LogP contribution in [0.5, 0.6) is 0 Å². The van der Waals surface area contributed by atoms with Gasteiger partial charge in [0.15, 0.2) is 9.84 Å². The van der Waals surface area contributed by atoms with Gasteiger partial charge in [0.1, 0.15) is 5.01 Å². The van der Waals surface area contributed by atoms with Gasteiger partial charge in [-0.2, -0.15) is 0 Å². The van der Waals surface area contributed by atoms with Crippen LogP contribution >= 0.6 is 23.1 Å². The number of amides is 1. The lowest BCUT2D eigenvalue weighted by Crippen LogP contribution is -2.14. The highest BCUT2D eigenvalue weighted by molar-refractivity contribution is 8.02. The van der Waals surface area contributed by atoms with Crippen LogP contribution in [0.15, 0.2) is 29.2 Å². The number of carbonyl (C=O) groups excluding carboxylic acids is 1. The van der Waals surface area contributed by atoms with Crippen molar-refractivity contribution < 1.29 is 13.2 Å². The Hall–Kier alpha value is -1.45. The van der Waals surface area contributed by atoms with Gasteiger partial charge in [0, 0.05) is 16.1 Å². The predicted molar refractivity (Wildman–Crippen MR) is 101 cm³/mol. The Morgan fingerprint density at radius 1 is 1.32 bits per heavy atom. The average Bonchev–Trinajstić information content (AvgIpc) is 3.14. The number of benzene rings is 1. The second-order valence-corrected chi connectivity index (χ2v) is 10.8. The first-order valence-electron chi connectivity index (χ1n) is 7.95. The number of hydrogen-bond acceptors (Lipinski definition) is 7. The molecular weight excluding hydrogens is 378 g/mol. The van der Waals surface area contributed by atoms with Gasteiger partial charge in [0.05, 0.1) is 17.1 Å². The molecule has 1 aliphatic rings. The van der Waals surface area contributed by atoms with Crippen LogP contribution in [0.3, 0.4) is 0 Å². The Morgan fingerprint density at radius 3 is 2.72 bits per heavy atom. The lowest BCUT2D eigenvalue weighted by molar-refractivity contribution is 0.102. The first kappa shape index (κ1) is 18.3. The fraction of sp³-hybridized carbons (Fsp3) is 0.438. The van der Waals surface area contributed by atoms with E-state index in [9.17, 15) is 13.2 Å². The van der Waals surface area contributed by atoms with Gasteiger partial charge in [-0.3, -0.25) is 10.1 Å². The summed E-state index contributed by atoms with van der Waals surface area (Å²) in [6.45, 7) is 4.04. The molecule has 0 saturated carbocycles. The van der Waals surface area contributed by atoms with Gasteiger partial charge in [-0.25, -0.2) is 8.42 Å². The van der Waals surface area contributed by atoms with Crippen molar-refractivity contribution in [1.29, 1.82) is 0 Å². The van der Waals surface area contributed by atoms with Crippen molar-refractivity contribution in [3.8, 4) is 0 Å². The summed E-state index contributed by atoms with van der Waals surface area (Å²) in [5, 5.41) is 12.2. The standard InChI is InChI=1S/C16H19N3O3S3/c1-10(2)15-18-19-16(24-15)17-14(20)12-5-3-4-6-13(12)23-11-7-8-25(21,22)9-11/h3-6,10-11H,7-9H2,1-2H3,(H,17,19,20)/t11-/m0/s1. The summed E-state index contributed by atoms with van der Waals surface area (Å²) in [5.41, 5.74) is 0.526. The molecule has 1 aliphatic heterocycles. The normalized spacial score (nSPS) is 19.2. The van der Waals surface area contributed by atoms with Crippen molar-refractivity contribution in [3.05, 3.63) is 34.8 Å². The van der Waals surface area contributed by atoms with Crippen LogP contribution in [-0.4, -0.2) is 41.3 Å². The van der Waals surface area contributed by atoms with Gasteiger partial charge in [-0.05, 0) is 18.6 Å². The summed E-state index contributed by atoms with van der Waals surface area (Å²) in [5.74, 6) is 0.398. The summed E-state index contributed by atoms with van der Waals surface area (Å²) in [6.07, 6.45) is 0.622. The second-order valence-electron chi connectivity index (χ2n) is 6.19. The van der Waals surface area contributed by atoms with Gasteiger partial charge in [0.25, 0.3) is 5.91 Å². The molecule has 1 saturated heterocycles. The molecule has 1 amide bonds. The fourth-order valence-corrected chi connectivity index (χ4v) is 6.84. The molecule has 1 atom stereocenters. The van der Waals surface area contributed by atoms with Gasteiger partial charge in [-0.1, -0.05) is 37.3 Å². The van der Waals surface area contributed by atoms with Crippen molar-refractivity contribution in [1.82, 2.24) is 10.2 Å². The number of thioether (sulfide) groups is 1. The Labute approximate surface area is 155 Å². The molecule has 3 rings (SSSR count). The lowest BCUT2D eigenvalue weighted by atomic mass is 10.2. The van der Waals surface area contributed by atoms with E-state index in [1.165, 1.54) is 23.1 Å². The fourth-order valence-electron chi connectivity index (χ4n) is 2.47. The molecular formula is C16H19N3O3S3. The van der Waals surface area contributed by atoms with Crippen molar-refractivity contribution in [2.45, 2.75) is 36.3 Å². The summed E-state index contributed by atoms with van der Waals surface area (Å²) < 4.78 is 23.3. The van der Waals surface area contributed by atoms with Crippen molar-refractivity contribution >= 4 is 44.0 Å². The van der Waals surface area contributed by atoms with Crippen LogP contribution < -0.4 is 5.32 Å². The van der Waals surface area contributed by atoms with Gasteiger partial charge in [0.2, 0.25) is 5.13 Å². The second kappa shape index (κ2) is 7.43. The third-order valence-electron chi connectivity index (χ3n) is 3.77. The number of hydrogen-bond donors (Lipinski definition) is 1. The molecule has 0 bridgehead atoms. The monoisotopic (exact) mass is 397 g/mol. The Kier molecular flexibility index (Phi) is 5.45. The zero-order valence-electron chi connectivity index (χ0n) is 13.9. The number of nitrogens with zero attached hydrogens (tertiary/aromatic N) is 2. The van der Waals surface area contributed by atoms with E-state index in [-0.39, 0.29) is 28.6 Å². The molecule has 0 aliphatic carbocycles. The number of carbonyl (C=O) groups is 1. The van der Waals surface area contributed by atoms with Crippen molar-refractivity contribution in [2.24, 2.45) is 0 Å². The zero-order chi connectivity index (χ0) is 18.0. The lowest BCUT2D eigenvalue weighted by Gasteiger charge is -2.11. The van der Waals surface area contributed by atoms with Gasteiger partial charge < -0.3 is 0 Å². The van der Waals surface area contributed by atoms with Gasteiger partial charge in [-0.15, -0.1) is 22.0 Å². The maximum Gasteiger partial charge on any atom is 0.258 e. The zero-order valence-corrected chi connectivity index (χ0v) is 16.4. The van der Waals surface area contributed by atoms with E-state index in [4.69, 9.17) is 0 Å². The highest BCUT2D eigenvalue weighted by Crippen LogP contribution is 2.33. The van der Waals surface area contributed by atoms with E-state index < -0.39 is 9.84 Å². The smallest absolute Gasteiger partial charge is 0.258 e. The number of rotatable bonds is 5. The third-order valence-corrected chi connectivity index (χ3v) is 8.23. The highest BCUT2D eigenvalue weighted by Gasteiger charge is 2.29. The first-order chi connectivity index (χ1) is 11.8. The molecule has 1 N–H and O–H groups in total. The van der Waals surface area contributed by atoms with E-state index in [0.717, 1.165) is 9.90 Å². The van der Waals surface area contributed by atoms with E-state index in [2.05, 4.69) is 15.5 Å². The maximum absolute atomic E-state index is 12.6. The maximum atomic E-state index is 12.6.